The van der Waals surface area contributed by atoms with Gasteiger partial charge in [0.05, 0.1) is 23.0 Å². The Kier molecular flexibility index (Phi) is 6.10. The van der Waals surface area contributed by atoms with Crippen molar-refractivity contribution in [2.45, 2.75) is 6.61 Å². The van der Waals surface area contributed by atoms with Gasteiger partial charge < -0.3 is 14.4 Å². The summed E-state index contributed by atoms with van der Waals surface area (Å²) in [6, 6.07) is 13.7. The number of non-ortho nitro benzene ring substituents is 1. The molecule has 0 bridgehead atoms. The molecule has 1 amide bonds. The largest absolute Gasteiger partial charge is 0.488 e. The van der Waals surface area contributed by atoms with E-state index in [4.69, 9.17) is 9.47 Å². The molecule has 4 rings (SSSR count). The van der Waals surface area contributed by atoms with Crippen molar-refractivity contribution in [1.29, 1.82) is 0 Å². The molecule has 2 heterocycles. The molecular weight excluding hydrogens is 406 g/mol. The van der Waals surface area contributed by atoms with Gasteiger partial charge in [-0.25, -0.2) is 0 Å². The number of benzene rings is 2. The number of para-hydroxylation sites is 1. The maximum atomic E-state index is 12.4. The maximum Gasteiger partial charge on any atom is 0.286 e. The Balaban J connectivity index is 1.45. The Morgan fingerprint density at radius 3 is 2.63 bits per heavy atom. The van der Waals surface area contributed by atoms with Gasteiger partial charge in [0.2, 0.25) is 0 Å². The summed E-state index contributed by atoms with van der Waals surface area (Å²) < 4.78 is 11.3. The Hall–Kier alpha value is -3.17. The van der Waals surface area contributed by atoms with E-state index in [1.807, 2.05) is 24.3 Å². The summed E-state index contributed by atoms with van der Waals surface area (Å²) in [5, 5.41) is 11.5. The molecule has 8 nitrogen and oxygen atoms in total. The first-order valence-corrected chi connectivity index (χ1v) is 10.2. The standard InChI is InChI=1S/C21H19N3O5S/c25-20-19(30-21(22-20)23-9-11-28-12-10-23)13-16-3-1-2-4-18(16)29-14-15-5-7-17(8-6-15)24(26)27/h1-8,13H,9-12,14H2/b19-13-. The highest BCUT2D eigenvalue weighted by atomic mass is 32.2. The summed E-state index contributed by atoms with van der Waals surface area (Å²) in [7, 11) is 0. The third-order valence-electron chi connectivity index (χ3n) is 4.64. The number of ether oxygens (including phenoxy) is 2. The minimum absolute atomic E-state index is 0.0386. The molecule has 2 aromatic carbocycles. The summed E-state index contributed by atoms with van der Waals surface area (Å²) in [6.07, 6.45) is 1.79. The molecule has 0 N–H and O–H groups in total. The average molecular weight is 425 g/mol. The van der Waals surface area contributed by atoms with Crippen molar-refractivity contribution in [3.8, 4) is 5.75 Å². The van der Waals surface area contributed by atoms with Gasteiger partial charge in [0.15, 0.2) is 5.17 Å². The second kappa shape index (κ2) is 9.10. The Morgan fingerprint density at radius 2 is 1.90 bits per heavy atom. The molecule has 0 atom stereocenters. The SMILES string of the molecule is O=C1N=C(N2CCOCC2)S/C1=C\c1ccccc1OCc1ccc([N+](=O)[O-])cc1. The van der Waals surface area contributed by atoms with E-state index < -0.39 is 4.92 Å². The van der Waals surface area contributed by atoms with Crippen LogP contribution >= 0.6 is 11.8 Å². The van der Waals surface area contributed by atoms with E-state index in [1.165, 1.54) is 23.9 Å². The predicted octanol–water partition coefficient (Wildman–Crippen LogP) is 3.48. The minimum Gasteiger partial charge on any atom is -0.488 e. The summed E-state index contributed by atoms with van der Waals surface area (Å²) in [6.45, 7) is 2.97. The molecule has 0 aromatic heterocycles. The van der Waals surface area contributed by atoms with E-state index in [0.29, 0.717) is 29.0 Å². The van der Waals surface area contributed by atoms with Crippen LogP contribution in [0.25, 0.3) is 6.08 Å². The highest BCUT2D eigenvalue weighted by molar-refractivity contribution is 8.18. The normalized spacial score (nSPS) is 17.9. The molecule has 0 saturated carbocycles. The number of carbonyl (C=O) groups excluding carboxylic acids is 1. The van der Waals surface area contributed by atoms with E-state index in [2.05, 4.69) is 9.89 Å². The zero-order valence-corrected chi connectivity index (χ0v) is 16.8. The molecular formula is C21H19N3O5S. The minimum atomic E-state index is -0.435. The first kappa shape index (κ1) is 20.1. The molecule has 0 radical (unpaired) electrons. The molecule has 0 unspecified atom stereocenters. The van der Waals surface area contributed by atoms with Crippen LogP contribution in [0, 0.1) is 10.1 Å². The number of nitrogens with zero attached hydrogens (tertiary/aromatic N) is 3. The number of hydrogen-bond acceptors (Lipinski definition) is 7. The van der Waals surface area contributed by atoms with E-state index in [1.54, 1.807) is 18.2 Å². The number of thioether (sulfide) groups is 1. The van der Waals surface area contributed by atoms with Crippen LogP contribution in [-0.2, 0) is 16.1 Å². The fourth-order valence-electron chi connectivity index (χ4n) is 3.04. The van der Waals surface area contributed by atoms with Gasteiger partial charge in [-0.2, -0.15) is 4.99 Å². The number of rotatable bonds is 5. The second-order valence-electron chi connectivity index (χ2n) is 6.66. The van der Waals surface area contributed by atoms with Gasteiger partial charge in [-0.15, -0.1) is 0 Å². The van der Waals surface area contributed by atoms with Crippen LogP contribution < -0.4 is 4.74 Å². The Morgan fingerprint density at radius 1 is 1.17 bits per heavy atom. The predicted molar refractivity (Wildman–Crippen MR) is 114 cm³/mol. The lowest BCUT2D eigenvalue weighted by atomic mass is 10.1. The number of morpholine rings is 1. The smallest absolute Gasteiger partial charge is 0.286 e. The fraction of sp³-hybridized carbons (Fsp3) is 0.238. The molecule has 2 aliphatic heterocycles. The van der Waals surface area contributed by atoms with Crippen molar-refractivity contribution in [2.24, 2.45) is 4.99 Å². The number of hydrogen-bond donors (Lipinski definition) is 0. The third-order valence-corrected chi connectivity index (χ3v) is 5.68. The quantitative estimate of drug-likeness (QED) is 0.411. The van der Waals surface area contributed by atoms with Crippen molar-refractivity contribution in [2.75, 3.05) is 26.3 Å². The zero-order valence-electron chi connectivity index (χ0n) is 16.0. The van der Waals surface area contributed by atoms with Crippen LogP contribution in [0.15, 0.2) is 58.4 Å². The summed E-state index contributed by atoms with van der Waals surface area (Å²) >= 11 is 1.36. The molecule has 0 spiro atoms. The lowest BCUT2D eigenvalue weighted by molar-refractivity contribution is -0.384. The van der Waals surface area contributed by atoms with Gasteiger partial charge in [0.25, 0.3) is 11.6 Å². The van der Waals surface area contributed by atoms with Crippen LogP contribution in [0.2, 0.25) is 0 Å². The van der Waals surface area contributed by atoms with Gasteiger partial charge in [-0.3, -0.25) is 14.9 Å². The summed E-state index contributed by atoms with van der Waals surface area (Å²) in [5.41, 5.74) is 1.62. The molecule has 30 heavy (non-hydrogen) atoms. The molecule has 9 heteroatoms. The van der Waals surface area contributed by atoms with Gasteiger partial charge in [0.1, 0.15) is 12.4 Å². The van der Waals surface area contributed by atoms with Crippen LogP contribution in [0.5, 0.6) is 5.75 Å². The number of amides is 1. The molecule has 0 aliphatic carbocycles. The van der Waals surface area contributed by atoms with Crippen LogP contribution in [0.4, 0.5) is 5.69 Å². The lowest BCUT2D eigenvalue weighted by Gasteiger charge is -2.27. The first-order valence-electron chi connectivity index (χ1n) is 9.40. The van der Waals surface area contributed by atoms with Crippen molar-refractivity contribution in [1.82, 2.24) is 4.90 Å². The molecule has 1 fully saturated rings. The maximum absolute atomic E-state index is 12.4. The molecule has 154 valence electrons. The zero-order chi connectivity index (χ0) is 20.9. The second-order valence-corrected chi connectivity index (χ2v) is 7.67. The average Bonchev–Trinajstić information content (AvgIpc) is 3.14. The highest BCUT2D eigenvalue weighted by Crippen LogP contribution is 2.32. The molecule has 2 aromatic rings. The van der Waals surface area contributed by atoms with Crippen LogP contribution in [-0.4, -0.2) is 47.2 Å². The van der Waals surface area contributed by atoms with Crippen LogP contribution in [0.1, 0.15) is 11.1 Å². The number of nitro benzene ring substituents is 1. The van der Waals surface area contributed by atoms with Crippen LogP contribution in [0.3, 0.4) is 0 Å². The van der Waals surface area contributed by atoms with Gasteiger partial charge in [-0.1, -0.05) is 18.2 Å². The lowest BCUT2D eigenvalue weighted by Crippen LogP contribution is -2.38. The molecule has 2 aliphatic rings. The highest BCUT2D eigenvalue weighted by Gasteiger charge is 2.27. The topological polar surface area (TPSA) is 94.3 Å². The van der Waals surface area contributed by atoms with E-state index in [0.717, 1.165) is 24.2 Å². The number of carbonyl (C=O) groups is 1. The van der Waals surface area contributed by atoms with E-state index in [-0.39, 0.29) is 18.2 Å². The summed E-state index contributed by atoms with van der Waals surface area (Å²) in [4.78, 5) is 29.5. The third kappa shape index (κ3) is 4.69. The van der Waals surface area contributed by atoms with E-state index >= 15 is 0 Å². The van der Waals surface area contributed by atoms with Crippen molar-refractivity contribution in [3.63, 3.8) is 0 Å². The Labute approximate surface area is 177 Å². The number of amidine groups is 1. The van der Waals surface area contributed by atoms with Gasteiger partial charge in [-0.05, 0) is 41.6 Å². The molecule has 1 saturated heterocycles. The first-order chi connectivity index (χ1) is 14.6. The summed E-state index contributed by atoms with van der Waals surface area (Å²) in [5.74, 6) is 0.364. The monoisotopic (exact) mass is 425 g/mol. The number of nitro groups is 1. The van der Waals surface area contributed by atoms with Gasteiger partial charge >= 0.3 is 0 Å². The fourth-order valence-corrected chi connectivity index (χ4v) is 3.99. The van der Waals surface area contributed by atoms with Crippen molar-refractivity contribution < 1.29 is 19.2 Å². The Bertz CT molecular complexity index is 1010. The van der Waals surface area contributed by atoms with Crippen molar-refractivity contribution in [3.05, 3.63) is 74.7 Å². The number of aliphatic imine (C=N–C) groups is 1. The van der Waals surface area contributed by atoms with Gasteiger partial charge in [0, 0.05) is 30.8 Å². The van der Waals surface area contributed by atoms with Crippen molar-refractivity contribution >= 4 is 34.6 Å². The van der Waals surface area contributed by atoms with E-state index in [9.17, 15) is 14.9 Å².